The first-order chi connectivity index (χ1) is 8.42. The van der Waals surface area contributed by atoms with Gasteiger partial charge in [0, 0.05) is 12.6 Å². The van der Waals surface area contributed by atoms with Gasteiger partial charge in [0.1, 0.15) is 0 Å². The Morgan fingerprint density at radius 1 is 1.39 bits per heavy atom. The van der Waals surface area contributed by atoms with Crippen LogP contribution in [0.5, 0.6) is 0 Å². The fraction of sp³-hybridized carbons (Fsp3) is 0.846. The SMILES string of the molecule is CCCC1CC1NC(=O)NCC(C)(CC)C(=O)O. The van der Waals surface area contributed by atoms with E-state index in [4.69, 9.17) is 5.11 Å². The van der Waals surface area contributed by atoms with E-state index < -0.39 is 11.4 Å². The van der Waals surface area contributed by atoms with Crippen molar-refractivity contribution in [3.63, 3.8) is 0 Å². The molecule has 1 aliphatic rings. The number of hydrogen-bond donors (Lipinski definition) is 3. The summed E-state index contributed by atoms with van der Waals surface area (Å²) < 4.78 is 0. The molecule has 0 aliphatic heterocycles. The highest BCUT2D eigenvalue weighted by atomic mass is 16.4. The highest BCUT2D eigenvalue weighted by molar-refractivity contribution is 5.78. The van der Waals surface area contributed by atoms with Crippen LogP contribution in [0.25, 0.3) is 0 Å². The molecule has 3 unspecified atom stereocenters. The van der Waals surface area contributed by atoms with E-state index in [0.29, 0.717) is 12.3 Å². The van der Waals surface area contributed by atoms with Crippen molar-refractivity contribution < 1.29 is 14.7 Å². The lowest BCUT2D eigenvalue weighted by Crippen LogP contribution is -2.45. The predicted octanol–water partition coefficient (Wildman–Crippen LogP) is 1.98. The minimum absolute atomic E-state index is 0.163. The first-order valence-corrected chi connectivity index (χ1v) is 6.70. The maximum atomic E-state index is 11.6. The summed E-state index contributed by atoms with van der Waals surface area (Å²) >= 11 is 0. The average molecular weight is 256 g/mol. The summed E-state index contributed by atoms with van der Waals surface area (Å²) in [6, 6.07) is 0.0298. The first kappa shape index (κ1) is 14.8. The number of aliphatic carboxylic acids is 1. The van der Waals surface area contributed by atoms with E-state index in [1.165, 1.54) is 0 Å². The van der Waals surface area contributed by atoms with Crippen molar-refractivity contribution in [1.29, 1.82) is 0 Å². The van der Waals surface area contributed by atoms with Crippen molar-refractivity contribution in [2.24, 2.45) is 11.3 Å². The summed E-state index contributed by atoms with van der Waals surface area (Å²) in [5.74, 6) is -0.265. The first-order valence-electron chi connectivity index (χ1n) is 6.70. The minimum atomic E-state index is -0.885. The molecule has 0 aromatic heterocycles. The molecule has 18 heavy (non-hydrogen) atoms. The zero-order chi connectivity index (χ0) is 13.8. The van der Waals surface area contributed by atoms with Gasteiger partial charge in [-0.05, 0) is 32.1 Å². The minimum Gasteiger partial charge on any atom is -0.481 e. The lowest BCUT2D eigenvalue weighted by atomic mass is 9.88. The smallest absolute Gasteiger partial charge is 0.315 e. The second-order valence-corrected chi connectivity index (χ2v) is 5.44. The van der Waals surface area contributed by atoms with Gasteiger partial charge in [-0.3, -0.25) is 4.79 Å². The zero-order valence-electron chi connectivity index (χ0n) is 11.5. The standard InChI is InChI=1S/C13H24N2O3/c1-4-6-9-7-10(9)15-12(18)14-8-13(3,5-2)11(16)17/h9-10H,4-8H2,1-3H3,(H,16,17)(H2,14,15,18). The van der Waals surface area contributed by atoms with Crippen molar-refractivity contribution in [1.82, 2.24) is 10.6 Å². The number of amides is 2. The summed E-state index contributed by atoms with van der Waals surface area (Å²) in [5, 5.41) is 14.6. The Labute approximate surface area is 108 Å². The fourth-order valence-corrected chi connectivity index (χ4v) is 1.96. The summed E-state index contributed by atoms with van der Waals surface area (Å²) in [4.78, 5) is 22.7. The van der Waals surface area contributed by atoms with Gasteiger partial charge < -0.3 is 15.7 Å². The highest BCUT2D eigenvalue weighted by Gasteiger charge is 2.37. The van der Waals surface area contributed by atoms with Gasteiger partial charge in [-0.1, -0.05) is 20.3 Å². The third kappa shape index (κ3) is 3.89. The van der Waals surface area contributed by atoms with E-state index in [-0.39, 0.29) is 18.6 Å². The highest BCUT2D eigenvalue weighted by Crippen LogP contribution is 2.34. The molecule has 3 N–H and O–H groups in total. The number of urea groups is 1. The number of carbonyl (C=O) groups excluding carboxylic acids is 1. The molecule has 3 atom stereocenters. The lowest BCUT2D eigenvalue weighted by Gasteiger charge is -2.23. The molecule has 0 spiro atoms. The maximum absolute atomic E-state index is 11.6. The van der Waals surface area contributed by atoms with Crippen molar-refractivity contribution in [2.75, 3.05) is 6.54 Å². The van der Waals surface area contributed by atoms with Crippen molar-refractivity contribution in [2.45, 2.75) is 52.5 Å². The van der Waals surface area contributed by atoms with Gasteiger partial charge >= 0.3 is 12.0 Å². The summed E-state index contributed by atoms with van der Waals surface area (Å²) in [5.41, 5.74) is -0.885. The van der Waals surface area contributed by atoms with Crippen LogP contribution in [-0.2, 0) is 4.79 Å². The van der Waals surface area contributed by atoms with Gasteiger partial charge in [-0.2, -0.15) is 0 Å². The predicted molar refractivity (Wildman–Crippen MR) is 69.4 cm³/mol. The molecule has 2 amide bonds. The van der Waals surface area contributed by atoms with Crippen LogP contribution in [0.3, 0.4) is 0 Å². The average Bonchev–Trinajstić information content (AvgIpc) is 3.04. The molecule has 104 valence electrons. The molecule has 5 heteroatoms. The van der Waals surface area contributed by atoms with E-state index >= 15 is 0 Å². The molecule has 0 bridgehead atoms. The number of nitrogens with one attached hydrogen (secondary N) is 2. The van der Waals surface area contributed by atoms with Crippen LogP contribution >= 0.6 is 0 Å². The van der Waals surface area contributed by atoms with Gasteiger partial charge in [0.15, 0.2) is 0 Å². The van der Waals surface area contributed by atoms with E-state index in [9.17, 15) is 9.59 Å². The third-order valence-corrected chi connectivity index (χ3v) is 3.83. The van der Waals surface area contributed by atoms with Gasteiger partial charge in [0.2, 0.25) is 0 Å². The second kappa shape index (κ2) is 6.07. The van der Waals surface area contributed by atoms with Gasteiger partial charge in [0.25, 0.3) is 0 Å². The Morgan fingerprint density at radius 2 is 2.06 bits per heavy atom. The number of carboxylic acid groups (broad SMARTS) is 1. The van der Waals surface area contributed by atoms with E-state index in [1.807, 2.05) is 6.92 Å². The normalized spacial score (nSPS) is 25.1. The molecule has 1 fully saturated rings. The Morgan fingerprint density at radius 3 is 2.56 bits per heavy atom. The zero-order valence-corrected chi connectivity index (χ0v) is 11.5. The van der Waals surface area contributed by atoms with Crippen LogP contribution in [0.15, 0.2) is 0 Å². The van der Waals surface area contributed by atoms with Crippen molar-refractivity contribution in [3.05, 3.63) is 0 Å². The van der Waals surface area contributed by atoms with Crippen molar-refractivity contribution >= 4 is 12.0 Å². The number of carbonyl (C=O) groups is 2. The molecule has 1 aliphatic carbocycles. The molecule has 0 saturated heterocycles. The van der Waals surface area contributed by atoms with E-state index in [2.05, 4.69) is 17.6 Å². The van der Waals surface area contributed by atoms with Crippen LogP contribution in [-0.4, -0.2) is 29.7 Å². The molecular formula is C13H24N2O3. The van der Waals surface area contributed by atoms with Gasteiger partial charge in [-0.25, -0.2) is 4.79 Å². The molecule has 5 nitrogen and oxygen atoms in total. The molecule has 0 heterocycles. The number of rotatable bonds is 7. The lowest BCUT2D eigenvalue weighted by molar-refractivity contribution is -0.147. The van der Waals surface area contributed by atoms with Crippen LogP contribution in [0, 0.1) is 11.3 Å². The summed E-state index contributed by atoms with van der Waals surface area (Å²) in [6.07, 6.45) is 3.82. The molecule has 0 aromatic rings. The van der Waals surface area contributed by atoms with Crippen LogP contribution in [0.2, 0.25) is 0 Å². The molecule has 0 aromatic carbocycles. The Kier molecular flexibility index (Phi) is 4.99. The number of carboxylic acids is 1. The Hall–Kier alpha value is -1.26. The molecule has 1 saturated carbocycles. The van der Waals surface area contributed by atoms with Crippen LogP contribution < -0.4 is 10.6 Å². The van der Waals surface area contributed by atoms with Crippen LogP contribution in [0.1, 0.15) is 46.5 Å². The third-order valence-electron chi connectivity index (χ3n) is 3.83. The van der Waals surface area contributed by atoms with Crippen LogP contribution in [0.4, 0.5) is 4.79 Å². The largest absolute Gasteiger partial charge is 0.481 e. The number of hydrogen-bond acceptors (Lipinski definition) is 2. The Balaban J connectivity index is 2.27. The molecule has 1 rings (SSSR count). The van der Waals surface area contributed by atoms with E-state index in [1.54, 1.807) is 6.92 Å². The van der Waals surface area contributed by atoms with E-state index in [0.717, 1.165) is 19.3 Å². The van der Waals surface area contributed by atoms with Gasteiger partial charge in [-0.15, -0.1) is 0 Å². The Bertz CT molecular complexity index is 319. The van der Waals surface area contributed by atoms with Gasteiger partial charge in [0.05, 0.1) is 5.41 Å². The quantitative estimate of drug-likeness (QED) is 0.651. The van der Waals surface area contributed by atoms with Crippen molar-refractivity contribution in [3.8, 4) is 0 Å². The maximum Gasteiger partial charge on any atom is 0.315 e. The molecular weight excluding hydrogens is 232 g/mol. The fourth-order valence-electron chi connectivity index (χ4n) is 1.96. The summed E-state index contributed by atoms with van der Waals surface area (Å²) in [6.45, 7) is 5.75. The second-order valence-electron chi connectivity index (χ2n) is 5.44. The molecule has 0 radical (unpaired) electrons. The monoisotopic (exact) mass is 256 g/mol. The summed E-state index contributed by atoms with van der Waals surface area (Å²) in [7, 11) is 0. The topological polar surface area (TPSA) is 78.4 Å².